The van der Waals surface area contributed by atoms with Crippen LogP contribution in [0.3, 0.4) is 0 Å². The molecule has 0 rings (SSSR count). The van der Waals surface area contributed by atoms with Crippen molar-refractivity contribution in [2.75, 3.05) is 13.2 Å². The van der Waals surface area contributed by atoms with Crippen LogP contribution in [0.15, 0.2) is 0 Å². The first-order chi connectivity index (χ1) is 4.35. The van der Waals surface area contributed by atoms with Gasteiger partial charge in [-0.2, -0.15) is 0 Å². The topological polar surface area (TPSA) is 18.5 Å². The van der Waals surface area contributed by atoms with E-state index in [4.69, 9.17) is 15.9 Å². The average molecular weight is 231 g/mol. The molecule has 0 aliphatic rings. The third-order valence-corrected chi connectivity index (χ3v) is 0.754. The van der Waals surface area contributed by atoms with Gasteiger partial charge in [-0.15, -0.1) is 0 Å². The van der Waals surface area contributed by atoms with E-state index < -0.39 is 6.29 Å². The molecule has 0 N–H and O–H groups in total. The van der Waals surface area contributed by atoms with E-state index in [0.717, 1.165) is 0 Å². The summed E-state index contributed by atoms with van der Waals surface area (Å²) < 4.78 is 9.82. The summed E-state index contributed by atoms with van der Waals surface area (Å²) in [6.45, 7) is 4.81. The van der Waals surface area contributed by atoms with E-state index in [9.17, 15) is 0 Å². The van der Waals surface area contributed by atoms with Crippen LogP contribution >= 0.6 is 0 Å². The van der Waals surface area contributed by atoms with Gasteiger partial charge in [0.15, 0.2) is 6.29 Å². The van der Waals surface area contributed by atoms with Crippen molar-refractivity contribution >= 4 is 23.1 Å². The molecule has 0 heterocycles. The second-order valence-electron chi connectivity index (χ2n) is 1.39. The molecule has 0 saturated heterocycles. The Balaban J connectivity index is -0.000000320. The number of rotatable bonds is 4. The molecular formula is C7H11BrMgO2. The number of hydrogen-bond acceptors (Lipinski definition) is 2. The largest absolute Gasteiger partial charge is 2.00 e. The molecule has 0 amide bonds. The minimum absolute atomic E-state index is 0. The summed E-state index contributed by atoms with van der Waals surface area (Å²) in [7, 11) is 0. The minimum atomic E-state index is -0.569. The summed E-state index contributed by atoms with van der Waals surface area (Å²) in [5.41, 5.74) is 0. The minimum Gasteiger partial charge on any atom is -1.00 e. The molecule has 0 atom stereocenters. The van der Waals surface area contributed by atoms with Gasteiger partial charge in [0.1, 0.15) is 0 Å². The first-order valence-electron chi connectivity index (χ1n) is 3.00. The maximum absolute atomic E-state index is 6.67. The fraction of sp³-hybridized carbons (Fsp3) is 0.714. The zero-order chi connectivity index (χ0) is 7.11. The summed E-state index contributed by atoms with van der Waals surface area (Å²) in [4.78, 5) is 0. The van der Waals surface area contributed by atoms with Gasteiger partial charge in [-0.1, -0.05) is 0 Å². The predicted octanol–water partition coefficient (Wildman–Crippen LogP) is -2.40. The fourth-order valence-electron chi connectivity index (χ4n) is 0.434. The molecule has 11 heavy (non-hydrogen) atoms. The molecule has 0 aromatic carbocycles. The van der Waals surface area contributed by atoms with Crippen molar-refractivity contribution < 1.29 is 26.5 Å². The molecule has 60 valence electrons. The Morgan fingerprint density at radius 2 is 1.64 bits per heavy atom. The molecular weight excluding hydrogens is 220 g/mol. The van der Waals surface area contributed by atoms with Crippen LogP contribution in [0.2, 0.25) is 0 Å². The van der Waals surface area contributed by atoms with Gasteiger partial charge in [-0.05, 0) is 13.8 Å². The first kappa shape index (κ1) is 17.7. The Labute approximate surface area is 94.9 Å². The van der Waals surface area contributed by atoms with E-state index in [1.54, 1.807) is 0 Å². The van der Waals surface area contributed by atoms with Crippen molar-refractivity contribution in [1.82, 2.24) is 0 Å². The molecule has 0 saturated carbocycles. The van der Waals surface area contributed by atoms with Crippen LogP contribution in [-0.4, -0.2) is 42.6 Å². The Bertz CT molecular complexity index is 97.1. The quantitative estimate of drug-likeness (QED) is 0.232. The van der Waals surface area contributed by atoms with Crippen LogP contribution < -0.4 is 17.0 Å². The maximum Gasteiger partial charge on any atom is 2.00 e. The average Bonchev–Trinajstić information content (AvgIpc) is 1.88. The van der Waals surface area contributed by atoms with Crippen LogP contribution in [0.4, 0.5) is 0 Å². The van der Waals surface area contributed by atoms with E-state index in [0.29, 0.717) is 13.2 Å². The molecule has 0 aromatic rings. The molecule has 2 nitrogen and oxygen atoms in total. The second-order valence-corrected chi connectivity index (χ2v) is 1.39. The number of ether oxygens (including phenoxy) is 2. The van der Waals surface area contributed by atoms with Crippen LogP contribution in [0.25, 0.3) is 0 Å². The second kappa shape index (κ2) is 13.3. The molecule has 0 aromatic heterocycles. The zero-order valence-corrected chi connectivity index (χ0v) is 9.89. The monoisotopic (exact) mass is 230 g/mol. The summed E-state index contributed by atoms with van der Waals surface area (Å²) in [5.74, 6) is 2.11. The summed E-state index contributed by atoms with van der Waals surface area (Å²) in [5, 5.41) is 0. The third-order valence-electron chi connectivity index (χ3n) is 0.754. The van der Waals surface area contributed by atoms with Crippen molar-refractivity contribution in [1.29, 1.82) is 0 Å². The van der Waals surface area contributed by atoms with Crippen molar-refractivity contribution in [3.8, 4) is 5.92 Å². The summed E-state index contributed by atoms with van der Waals surface area (Å²) in [6, 6.07) is 0. The van der Waals surface area contributed by atoms with Gasteiger partial charge in [0.25, 0.3) is 0 Å². The van der Waals surface area contributed by atoms with Crippen molar-refractivity contribution in [3.63, 3.8) is 0 Å². The first-order valence-corrected chi connectivity index (χ1v) is 3.00. The maximum atomic E-state index is 6.67. The Morgan fingerprint density at radius 3 is 1.82 bits per heavy atom. The molecule has 0 bridgehead atoms. The Kier molecular flexibility index (Phi) is 21.5. The van der Waals surface area contributed by atoms with Gasteiger partial charge in [0.05, 0.1) is 0 Å². The molecule has 0 aliphatic heterocycles. The SMILES string of the molecule is [Br-].[C-]#CC(OCC)OCC.[Mg+2]. The number of hydrogen-bond donors (Lipinski definition) is 0. The number of halogens is 1. The molecule has 0 unspecified atom stereocenters. The van der Waals surface area contributed by atoms with Crippen LogP contribution in [-0.2, 0) is 9.47 Å². The van der Waals surface area contributed by atoms with Crippen molar-refractivity contribution in [3.05, 3.63) is 6.42 Å². The van der Waals surface area contributed by atoms with E-state index in [1.807, 2.05) is 13.8 Å². The molecule has 0 radical (unpaired) electrons. The van der Waals surface area contributed by atoms with E-state index in [1.165, 1.54) is 0 Å². The van der Waals surface area contributed by atoms with Crippen LogP contribution in [0.1, 0.15) is 13.8 Å². The zero-order valence-electron chi connectivity index (χ0n) is 6.89. The fourth-order valence-corrected chi connectivity index (χ4v) is 0.434. The van der Waals surface area contributed by atoms with Gasteiger partial charge >= 0.3 is 23.1 Å². The Morgan fingerprint density at radius 1 is 1.27 bits per heavy atom. The van der Waals surface area contributed by atoms with Crippen molar-refractivity contribution in [2.24, 2.45) is 0 Å². The normalized spacial score (nSPS) is 7.82. The van der Waals surface area contributed by atoms with Gasteiger partial charge in [-0.3, -0.25) is 5.92 Å². The van der Waals surface area contributed by atoms with Gasteiger partial charge in [0.2, 0.25) is 0 Å². The van der Waals surface area contributed by atoms with E-state index in [-0.39, 0.29) is 40.0 Å². The Hall–Kier alpha value is 0.726. The molecule has 0 spiro atoms. The molecule has 0 fully saturated rings. The third kappa shape index (κ3) is 10.7. The van der Waals surface area contributed by atoms with Gasteiger partial charge < -0.3 is 32.9 Å². The van der Waals surface area contributed by atoms with Crippen LogP contribution in [0.5, 0.6) is 0 Å². The standard InChI is InChI=1S/C7H11O2.BrH.Mg/c1-4-7(8-5-2)9-6-3;;/h7H,5-6H2,2-3H3;1H;/q-1;;+2/p-1. The molecule has 4 heteroatoms. The van der Waals surface area contributed by atoms with E-state index in [2.05, 4.69) is 5.92 Å². The van der Waals surface area contributed by atoms with E-state index >= 15 is 0 Å². The predicted molar refractivity (Wildman–Crippen MR) is 39.9 cm³/mol. The van der Waals surface area contributed by atoms with Crippen molar-refractivity contribution in [2.45, 2.75) is 20.1 Å². The van der Waals surface area contributed by atoms with Crippen LogP contribution in [0, 0.1) is 12.3 Å². The summed E-state index contributed by atoms with van der Waals surface area (Å²) in [6.07, 6.45) is 6.10. The smallest absolute Gasteiger partial charge is 1.00 e. The summed E-state index contributed by atoms with van der Waals surface area (Å²) >= 11 is 0. The van der Waals surface area contributed by atoms with Gasteiger partial charge in [-0.25, -0.2) is 0 Å². The molecule has 0 aliphatic carbocycles. The van der Waals surface area contributed by atoms with Gasteiger partial charge in [0, 0.05) is 13.2 Å².